The number of imidazole rings is 1. The molecule has 18 nitrogen and oxygen atoms in total. The number of aromatic nitrogens is 3. The maximum Gasteiger partial charge on any atom is 3.00 e. The molecule has 0 bridgehead atoms. The van der Waals surface area contributed by atoms with Crippen LogP contribution in [-0.2, 0) is 38.1 Å². The molecule has 0 spiro atoms. The van der Waals surface area contributed by atoms with Crippen LogP contribution in [0.5, 0.6) is 5.75 Å². The first-order chi connectivity index (χ1) is 26.5. The number of fused-ring (bicyclic) bond motifs is 1. The van der Waals surface area contributed by atoms with Crippen LogP contribution in [0.1, 0.15) is 36.1 Å². The molecular formula is C36H49GdN8O10S. The maximum atomic E-state index is 12.9. The van der Waals surface area contributed by atoms with E-state index in [0.717, 1.165) is 30.3 Å². The van der Waals surface area contributed by atoms with E-state index >= 15 is 0 Å². The van der Waals surface area contributed by atoms with Gasteiger partial charge in [-0.05, 0) is 43.0 Å². The summed E-state index contributed by atoms with van der Waals surface area (Å²) in [7, 11) is 0. The van der Waals surface area contributed by atoms with Gasteiger partial charge in [-0.1, -0.05) is 11.8 Å². The van der Waals surface area contributed by atoms with Crippen LogP contribution in [-0.4, -0.2) is 160 Å². The topological polar surface area (TPSA) is 254 Å². The number of carboxylic acids is 3. The van der Waals surface area contributed by atoms with E-state index in [2.05, 4.69) is 20.3 Å². The Morgan fingerprint density at radius 3 is 1.89 bits per heavy atom. The monoisotopic (exact) mass is 943 g/mol. The van der Waals surface area contributed by atoms with Crippen molar-refractivity contribution >= 4 is 46.6 Å². The molecule has 1 saturated heterocycles. The van der Waals surface area contributed by atoms with Crippen LogP contribution in [0.25, 0.3) is 11.0 Å². The van der Waals surface area contributed by atoms with Crippen molar-refractivity contribution in [2.75, 3.05) is 91.7 Å². The van der Waals surface area contributed by atoms with Crippen LogP contribution >= 0.6 is 11.8 Å². The summed E-state index contributed by atoms with van der Waals surface area (Å²) in [6.45, 7) is 1.62. The minimum atomic E-state index is -1.29. The average Bonchev–Trinajstić information content (AvgIpc) is 3.56. The molecule has 3 heterocycles. The van der Waals surface area contributed by atoms with E-state index in [4.69, 9.17) is 4.74 Å². The molecule has 20 heteroatoms. The van der Waals surface area contributed by atoms with Crippen LogP contribution in [0.4, 0.5) is 0 Å². The fraction of sp³-hybridized carbons (Fsp3) is 0.556. The van der Waals surface area contributed by atoms with Gasteiger partial charge in [-0.25, -0.2) is 4.98 Å². The summed E-state index contributed by atoms with van der Waals surface area (Å²) in [6.07, 6.45) is 3.91. The fourth-order valence-electron chi connectivity index (χ4n) is 6.15. The summed E-state index contributed by atoms with van der Waals surface area (Å²) in [5, 5.41) is 56.9. The predicted octanol–water partition coefficient (Wildman–Crippen LogP) is -3.63. The normalized spacial score (nSPS) is 15.4. The molecular weight excluding hydrogens is 894 g/mol. The molecule has 2 aromatic heterocycles. The van der Waals surface area contributed by atoms with Crippen LogP contribution < -0.4 is 25.4 Å². The number of pyridine rings is 1. The van der Waals surface area contributed by atoms with E-state index < -0.39 is 17.9 Å². The molecule has 1 amide bonds. The summed E-state index contributed by atoms with van der Waals surface area (Å²) < 4.78 is 5.95. The van der Waals surface area contributed by atoms with E-state index in [-0.39, 0.29) is 125 Å². The molecule has 0 atom stereocenters. The molecule has 4 rings (SSSR count). The van der Waals surface area contributed by atoms with Gasteiger partial charge in [0.15, 0.2) is 5.16 Å². The third-order valence-electron chi connectivity index (χ3n) is 9.11. The number of aromatic amines is 1. The van der Waals surface area contributed by atoms with Gasteiger partial charge in [0.2, 0.25) is 5.91 Å². The van der Waals surface area contributed by atoms with Gasteiger partial charge in [0, 0.05) is 102 Å². The molecule has 1 radical (unpaired) electrons. The molecule has 1 fully saturated rings. The van der Waals surface area contributed by atoms with Crippen molar-refractivity contribution in [3.63, 3.8) is 0 Å². The summed E-state index contributed by atoms with van der Waals surface area (Å²) in [5.74, 6) is -2.88. The number of hydrogen-bond acceptors (Lipinski definition) is 17. The Morgan fingerprint density at radius 2 is 1.36 bits per heavy atom. The molecule has 4 N–H and O–H groups in total. The van der Waals surface area contributed by atoms with Gasteiger partial charge >= 0.3 is 39.9 Å². The Kier molecular flexibility index (Phi) is 21.4. The molecule has 1 aliphatic rings. The Hall–Kier alpha value is -3.05. The third-order valence-corrected chi connectivity index (χ3v) is 10.00. The van der Waals surface area contributed by atoms with Crippen LogP contribution in [0.15, 0.2) is 35.6 Å². The Morgan fingerprint density at radius 1 is 0.786 bits per heavy atom. The largest absolute Gasteiger partial charge is 3.00 e. The smallest absolute Gasteiger partial charge is 0.549 e. The van der Waals surface area contributed by atoms with Crippen molar-refractivity contribution in [1.82, 2.24) is 39.9 Å². The van der Waals surface area contributed by atoms with Crippen LogP contribution in [0.2, 0.25) is 0 Å². The standard InChI is InChI=1S/C36H52N8O10S.Gd/c45-23-26-6-8-37-31(28(26)24-46)25-55-36-39-29-5-4-27(18-30(29)40-36)54-17-3-1-2-7-38-32(47)19-41-9-11-42(20-33(48)49)13-15-44(22-35(52)53)16-14-43(12-10-41)21-34(50)51;/h4-6,8,18,45-46H,1-3,7,9-17,19-25H2,(H,38,47)(H,39,40)(H,48,49)(H,50,51)(H,52,53);/q;+3/p-3. The number of aliphatic hydroxyl groups is 2. The number of hydrogen-bond donors (Lipinski definition) is 4. The second-order valence-electron chi connectivity index (χ2n) is 13.2. The zero-order valence-corrected chi connectivity index (χ0v) is 34.2. The number of H-pyrrole nitrogens is 1. The first-order valence-corrected chi connectivity index (χ1v) is 19.2. The first-order valence-electron chi connectivity index (χ1n) is 18.2. The number of carbonyl (C=O) groups excluding carboxylic acids is 4. The average molecular weight is 943 g/mol. The second-order valence-corrected chi connectivity index (χ2v) is 14.2. The zero-order valence-electron chi connectivity index (χ0n) is 31.1. The van der Waals surface area contributed by atoms with Gasteiger partial charge < -0.3 is 55.0 Å². The van der Waals surface area contributed by atoms with Crippen molar-refractivity contribution in [1.29, 1.82) is 0 Å². The van der Waals surface area contributed by atoms with Crippen molar-refractivity contribution < 1.29 is 89.4 Å². The number of thioether (sulfide) groups is 1. The van der Waals surface area contributed by atoms with Crippen molar-refractivity contribution in [3.8, 4) is 5.75 Å². The fourth-order valence-corrected chi connectivity index (χ4v) is 7.01. The van der Waals surface area contributed by atoms with Gasteiger partial charge in [0.05, 0.1) is 61.0 Å². The Balaban J connectivity index is 0.00000841. The van der Waals surface area contributed by atoms with Crippen LogP contribution in [0.3, 0.4) is 0 Å². The van der Waals surface area contributed by atoms with Gasteiger partial charge in [0.25, 0.3) is 0 Å². The number of nitrogens with zero attached hydrogens (tertiary/aromatic N) is 6. The predicted molar refractivity (Wildman–Crippen MR) is 195 cm³/mol. The first kappa shape index (κ1) is 47.3. The molecule has 0 aliphatic carbocycles. The van der Waals surface area contributed by atoms with Gasteiger partial charge in [-0.15, -0.1) is 0 Å². The number of aliphatic hydroxyl groups excluding tert-OH is 2. The van der Waals surface area contributed by atoms with Crippen LogP contribution in [0, 0.1) is 39.9 Å². The zero-order chi connectivity index (χ0) is 39.6. The number of benzene rings is 1. The molecule has 307 valence electrons. The maximum absolute atomic E-state index is 12.9. The van der Waals surface area contributed by atoms with E-state index in [1.807, 2.05) is 23.1 Å². The van der Waals surface area contributed by atoms with E-state index in [9.17, 15) is 44.7 Å². The van der Waals surface area contributed by atoms with E-state index in [1.165, 1.54) is 11.8 Å². The van der Waals surface area contributed by atoms with E-state index in [1.54, 1.807) is 27.0 Å². The number of amides is 1. The number of carboxylic acid groups (broad SMARTS) is 3. The van der Waals surface area contributed by atoms with Gasteiger partial charge in [-0.3, -0.25) is 29.4 Å². The molecule has 0 saturated carbocycles. The van der Waals surface area contributed by atoms with Gasteiger partial charge in [0.1, 0.15) is 5.75 Å². The molecule has 1 aromatic carbocycles. The Bertz CT molecular complexity index is 1690. The molecule has 3 aromatic rings. The summed E-state index contributed by atoms with van der Waals surface area (Å²) in [4.78, 5) is 65.8. The summed E-state index contributed by atoms with van der Waals surface area (Å²) in [5.41, 5.74) is 3.56. The summed E-state index contributed by atoms with van der Waals surface area (Å²) in [6, 6.07) is 7.30. The van der Waals surface area contributed by atoms with Gasteiger partial charge in [-0.2, -0.15) is 0 Å². The number of carbonyl (C=O) groups is 4. The molecule has 0 unspecified atom stereocenters. The number of aliphatic carboxylic acids is 3. The number of unbranched alkanes of at least 4 members (excludes halogenated alkanes) is 2. The van der Waals surface area contributed by atoms with Crippen molar-refractivity contribution in [2.24, 2.45) is 0 Å². The van der Waals surface area contributed by atoms with E-state index in [0.29, 0.717) is 59.7 Å². The van der Waals surface area contributed by atoms with Crippen molar-refractivity contribution in [3.05, 3.63) is 47.3 Å². The van der Waals surface area contributed by atoms with Crippen molar-refractivity contribution in [2.45, 2.75) is 43.4 Å². The minimum absolute atomic E-state index is 0. The SMILES string of the molecule is O=C([O-])CN1CCN(CC(=O)[O-])CCN(CC(=O)NCCCCCOc2ccc3nc(SCc4nccc(CO)c4CO)[nH]c3c2)CCN(CC(=O)[O-])CC1.[Gd+3]. The number of rotatable bonds is 20. The number of nitrogens with one attached hydrogen (secondary N) is 2. The summed E-state index contributed by atoms with van der Waals surface area (Å²) >= 11 is 1.44. The Labute approximate surface area is 361 Å². The minimum Gasteiger partial charge on any atom is -0.549 e. The second kappa shape index (κ2) is 25.3. The molecule has 56 heavy (non-hydrogen) atoms. The molecule has 1 aliphatic heterocycles. The quantitative estimate of drug-likeness (QED) is 0.0630. The third kappa shape index (κ3) is 16.8. The number of ether oxygens (including phenoxy) is 1.